The minimum Gasteiger partial charge on any atom is -0.496 e. The molecule has 0 aliphatic carbocycles. The van der Waals surface area contributed by atoms with Gasteiger partial charge >= 0.3 is 0 Å². The van der Waals surface area contributed by atoms with E-state index in [4.69, 9.17) is 9.47 Å². The SMILES string of the molecule is CCOc1cncc(-c2ccc(CN3CCN(c4ccc(C(=O)NS(=O)(=O)c5ccc(NCCSc6ccccc6)c(NO)c5)cc4)CC3)c(OC)c2)c1. The van der Waals surface area contributed by atoms with Crippen molar-refractivity contribution in [2.24, 2.45) is 0 Å². The fraction of sp³-hybridized carbons (Fsp3) is 0.250. The Bertz CT molecular complexity index is 2130. The van der Waals surface area contributed by atoms with E-state index < -0.39 is 15.9 Å². The number of hydrogen-bond donors (Lipinski definition) is 4. The first kappa shape index (κ1) is 38.4. The predicted molar refractivity (Wildman–Crippen MR) is 213 cm³/mol. The van der Waals surface area contributed by atoms with Gasteiger partial charge in [0.2, 0.25) is 0 Å². The maximum absolute atomic E-state index is 13.2. The lowest BCUT2D eigenvalue weighted by atomic mass is 10.0. The molecule has 5 aromatic rings. The summed E-state index contributed by atoms with van der Waals surface area (Å²) in [5, 5.41) is 12.9. The number of piperazine rings is 1. The molecule has 1 aromatic heterocycles. The number of rotatable bonds is 16. The highest BCUT2D eigenvalue weighted by molar-refractivity contribution is 7.99. The molecule has 1 saturated heterocycles. The van der Waals surface area contributed by atoms with Gasteiger partial charge in [-0.05, 0) is 79.2 Å². The van der Waals surface area contributed by atoms with Crippen LogP contribution in [0.25, 0.3) is 11.1 Å². The van der Waals surface area contributed by atoms with Gasteiger partial charge in [-0.25, -0.2) is 13.1 Å². The molecule has 6 rings (SSSR count). The molecule has 1 amide bonds. The van der Waals surface area contributed by atoms with Gasteiger partial charge in [0, 0.05) is 78.5 Å². The summed E-state index contributed by atoms with van der Waals surface area (Å²) in [6, 6.07) is 29.3. The molecule has 0 saturated carbocycles. The zero-order valence-electron chi connectivity index (χ0n) is 30.2. The molecule has 0 unspecified atom stereocenters. The zero-order valence-corrected chi connectivity index (χ0v) is 31.8. The van der Waals surface area contributed by atoms with Crippen LogP contribution in [0.2, 0.25) is 0 Å². The highest BCUT2D eigenvalue weighted by Gasteiger charge is 2.22. The maximum atomic E-state index is 13.2. The summed E-state index contributed by atoms with van der Waals surface area (Å²) in [6.45, 7) is 7.08. The number of methoxy groups -OCH3 is 1. The summed E-state index contributed by atoms with van der Waals surface area (Å²) < 4.78 is 39.8. The van der Waals surface area contributed by atoms with E-state index in [-0.39, 0.29) is 16.1 Å². The fourth-order valence-corrected chi connectivity index (χ4v) is 7.94. The maximum Gasteiger partial charge on any atom is 0.264 e. The first-order chi connectivity index (χ1) is 26.3. The van der Waals surface area contributed by atoms with Crippen molar-refractivity contribution >= 4 is 44.8 Å². The van der Waals surface area contributed by atoms with Crippen LogP contribution in [0.1, 0.15) is 22.8 Å². The Hall–Kier alpha value is -5.28. The summed E-state index contributed by atoms with van der Waals surface area (Å²) >= 11 is 1.67. The molecule has 2 heterocycles. The number of carbonyl (C=O) groups is 1. The number of thioether (sulfide) groups is 1. The number of sulfonamides is 1. The quantitative estimate of drug-likeness (QED) is 0.0488. The molecule has 0 spiro atoms. The Balaban J connectivity index is 1.00. The van der Waals surface area contributed by atoms with Crippen molar-refractivity contribution < 1.29 is 27.9 Å². The second-order valence-electron chi connectivity index (χ2n) is 12.5. The van der Waals surface area contributed by atoms with Crippen molar-refractivity contribution in [2.75, 3.05) is 67.9 Å². The van der Waals surface area contributed by atoms with Crippen LogP contribution in [0.3, 0.4) is 0 Å². The van der Waals surface area contributed by atoms with E-state index in [9.17, 15) is 18.4 Å². The number of nitrogens with zero attached hydrogens (tertiary/aromatic N) is 3. The van der Waals surface area contributed by atoms with Crippen molar-refractivity contribution in [3.8, 4) is 22.6 Å². The Morgan fingerprint density at radius 1 is 0.889 bits per heavy atom. The third-order valence-electron chi connectivity index (χ3n) is 8.98. The van der Waals surface area contributed by atoms with Crippen LogP contribution in [0, 0.1) is 0 Å². The van der Waals surface area contributed by atoms with Crippen LogP contribution in [0.5, 0.6) is 11.5 Å². The van der Waals surface area contributed by atoms with Gasteiger partial charge in [0.25, 0.3) is 15.9 Å². The smallest absolute Gasteiger partial charge is 0.264 e. The van der Waals surface area contributed by atoms with Gasteiger partial charge in [-0.2, -0.15) is 0 Å². The van der Waals surface area contributed by atoms with E-state index in [1.165, 1.54) is 12.1 Å². The topological polar surface area (TPSA) is 145 Å². The second-order valence-corrected chi connectivity index (χ2v) is 15.4. The van der Waals surface area contributed by atoms with Crippen molar-refractivity contribution in [1.82, 2.24) is 14.6 Å². The van der Waals surface area contributed by atoms with E-state index in [2.05, 4.69) is 42.4 Å². The van der Waals surface area contributed by atoms with Crippen LogP contribution < -0.4 is 29.9 Å². The molecular formula is C40H44N6O6S2. The second kappa shape index (κ2) is 18.2. The molecule has 0 radical (unpaired) electrons. The third kappa shape index (κ3) is 9.82. The monoisotopic (exact) mass is 768 g/mol. The van der Waals surface area contributed by atoms with Crippen molar-refractivity contribution in [2.45, 2.75) is 23.3 Å². The normalized spacial score (nSPS) is 13.3. The molecule has 4 aromatic carbocycles. The minimum absolute atomic E-state index is 0.163. The molecule has 4 N–H and O–H groups in total. The lowest BCUT2D eigenvalue weighted by Gasteiger charge is -2.36. The number of carbonyl (C=O) groups excluding carboxylic acids is 1. The first-order valence-corrected chi connectivity index (χ1v) is 20.1. The molecule has 1 aliphatic heterocycles. The number of ether oxygens (including phenoxy) is 2. The molecule has 0 bridgehead atoms. The summed E-state index contributed by atoms with van der Waals surface area (Å²) in [6.07, 6.45) is 3.52. The summed E-state index contributed by atoms with van der Waals surface area (Å²) in [5.41, 5.74) is 6.98. The molecule has 1 fully saturated rings. The Morgan fingerprint density at radius 3 is 2.39 bits per heavy atom. The number of hydrogen-bond acceptors (Lipinski definition) is 12. The van der Waals surface area contributed by atoms with E-state index in [1.807, 2.05) is 67.7 Å². The van der Waals surface area contributed by atoms with Crippen molar-refractivity contribution in [3.63, 3.8) is 0 Å². The van der Waals surface area contributed by atoms with Crippen LogP contribution in [-0.4, -0.2) is 81.6 Å². The van der Waals surface area contributed by atoms with Crippen molar-refractivity contribution in [3.05, 3.63) is 121 Å². The third-order valence-corrected chi connectivity index (χ3v) is 11.3. The number of benzene rings is 4. The molecule has 12 nitrogen and oxygen atoms in total. The number of aromatic nitrogens is 1. The van der Waals surface area contributed by atoms with Gasteiger partial charge in [-0.15, -0.1) is 11.8 Å². The Morgan fingerprint density at radius 2 is 1.67 bits per heavy atom. The average Bonchev–Trinajstić information content (AvgIpc) is 3.20. The number of anilines is 3. The largest absolute Gasteiger partial charge is 0.496 e. The molecule has 1 aliphatic rings. The van der Waals surface area contributed by atoms with Gasteiger partial charge in [-0.1, -0.05) is 30.3 Å². The fourth-order valence-electron chi connectivity index (χ4n) is 6.15. The highest BCUT2D eigenvalue weighted by atomic mass is 32.2. The predicted octanol–water partition coefficient (Wildman–Crippen LogP) is 6.60. The molecule has 282 valence electrons. The van der Waals surface area contributed by atoms with E-state index in [0.717, 1.165) is 77.2 Å². The summed E-state index contributed by atoms with van der Waals surface area (Å²) in [7, 11) is -2.54. The highest BCUT2D eigenvalue weighted by Crippen LogP contribution is 2.31. The van der Waals surface area contributed by atoms with Gasteiger partial charge < -0.3 is 19.7 Å². The van der Waals surface area contributed by atoms with Crippen LogP contribution >= 0.6 is 11.8 Å². The summed E-state index contributed by atoms with van der Waals surface area (Å²) in [4.78, 5) is 22.9. The van der Waals surface area contributed by atoms with Crippen LogP contribution in [-0.2, 0) is 16.6 Å². The van der Waals surface area contributed by atoms with E-state index in [1.54, 1.807) is 43.3 Å². The van der Waals surface area contributed by atoms with Crippen molar-refractivity contribution in [1.29, 1.82) is 0 Å². The lowest BCUT2D eigenvalue weighted by molar-refractivity contribution is 0.0981. The van der Waals surface area contributed by atoms with Gasteiger partial charge in [0.1, 0.15) is 11.5 Å². The Labute approximate surface area is 320 Å². The van der Waals surface area contributed by atoms with Gasteiger partial charge in [0.15, 0.2) is 0 Å². The van der Waals surface area contributed by atoms with Gasteiger partial charge in [-0.3, -0.25) is 25.4 Å². The number of pyridine rings is 1. The summed E-state index contributed by atoms with van der Waals surface area (Å²) in [5.74, 6) is 1.56. The first-order valence-electron chi connectivity index (χ1n) is 17.6. The Kier molecular flexibility index (Phi) is 12.9. The van der Waals surface area contributed by atoms with E-state index >= 15 is 0 Å². The minimum atomic E-state index is -4.22. The molecule has 54 heavy (non-hydrogen) atoms. The zero-order chi connectivity index (χ0) is 37.9. The molecule has 0 atom stereocenters. The van der Waals surface area contributed by atoms with Crippen LogP contribution in [0.4, 0.5) is 17.1 Å². The lowest BCUT2D eigenvalue weighted by Crippen LogP contribution is -2.46. The average molecular weight is 769 g/mol. The number of amides is 1. The number of nitrogens with one attached hydrogen (secondary N) is 3. The molecular weight excluding hydrogens is 725 g/mol. The van der Waals surface area contributed by atoms with Crippen LogP contribution in [0.15, 0.2) is 119 Å². The molecule has 14 heteroatoms. The van der Waals surface area contributed by atoms with E-state index in [0.29, 0.717) is 18.8 Å². The van der Waals surface area contributed by atoms with Gasteiger partial charge in [0.05, 0.1) is 36.2 Å². The standard InChI is InChI=1S/C40H44N6O6S2/c1-3-52-34-23-32(26-41-27-34)30-9-10-31(39(24-30)51-2)28-45-18-20-46(21-19-45)33-13-11-29(12-14-33)40(47)44-54(49,50)36-15-16-37(38(25-36)43-48)42-17-22-53-35-7-5-4-6-8-35/h4-16,23-27,42-43,48H,3,17-22,28H2,1-2H3,(H,44,47).